The highest BCUT2D eigenvalue weighted by atomic mass is 16.2. The Morgan fingerprint density at radius 1 is 1.11 bits per heavy atom. The molecule has 8 nitrogen and oxygen atoms in total. The van der Waals surface area contributed by atoms with Crippen LogP contribution < -0.4 is 16.0 Å². The molecule has 0 radical (unpaired) electrons. The number of piperidine rings is 1. The van der Waals surface area contributed by atoms with Crippen molar-refractivity contribution in [1.82, 2.24) is 20.9 Å². The quantitative estimate of drug-likeness (QED) is 0.619. The average molecular weight is 384 g/mol. The van der Waals surface area contributed by atoms with Crippen LogP contribution in [0.15, 0.2) is 18.2 Å². The highest BCUT2D eigenvalue weighted by molar-refractivity contribution is 6.23. The van der Waals surface area contributed by atoms with Gasteiger partial charge in [-0.25, -0.2) is 0 Å². The Hall–Kier alpha value is -2.58. The second kappa shape index (κ2) is 7.44. The van der Waals surface area contributed by atoms with Crippen molar-refractivity contribution in [2.75, 3.05) is 19.6 Å². The van der Waals surface area contributed by atoms with Crippen LogP contribution in [-0.4, -0.2) is 54.2 Å². The van der Waals surface area contributed by atoms with E-state index in [1.165, 1.54) is 0 Å². The van der Waals surface area contributed by atoms with Crippen LogP contribution in [0.2, 0.25) is 0 Å². The molecule has 0 bridgehead atoms. The van der Waals surface area contributed by atoms with E-state index >= 15 is 0 Å². The number of hydrogen-bond acceptors (Lipinski definition) is 6. The van der Waals surface area contributed by atoms with E-state index in [-0.39, 0.29) is 18.7 Å². The normalized spacial score (nSPS) is 27.3. The van der Waals surface area contributed by atoms with Crippen molar-refractivity contribution >= 4 is 23.6 Å². The second-order valence-corrected chi connectivity index (χ2v) is 7.85. The Balaban J connectivity index is 1.45. The van der Waals surface area contributed by atoms with Crippen molar-refractivity contribution in [3.05, 3.63) is 34.9 Å². The topological polar surface area (TPSA) is 108 Å². The van der Waals surface area contributed by atoms with Gasteiger partial charge in [0.2, 0.25) is 11.8 Å². The van der Waals surface area contributed by atoms with Crippen molar-refractivity contribution < 1.29 is 19.2 Å². The van der Waals surface area contributed by atoms with Gasteiger partial charge in [0.05, 0.1) is 11.1 Å². The van der Waals surface area contributed by atoms with E-state index in [9.17, 15) is 19.2 Å². The molecule has 3 aliphatic rings. The number of carbonyl (C=O) groups excluding carboxylic acids is 4. The number of amides is 4. The van der Waals surface area contributed by atoms with Crippen molar-refractivity contribution in [2.45, 2.75) is 32.4 Å². The zero-order chi connectivity index (χ0) is 19.8. The number of fused-ring (bicyclic) bond motifs is 1. The number of hydrogen-bond donors (Lipinski definition) is 3. The zero-order valence-electron chi connectivity index (χ0n) is 15.8. The summed E-state index contributed by atoms with van der Waals surface area (Å²) < 4.78 is 0. The smallest absolute Gasteiger partial charge is 0.262 e. The van der Waals surface area contributed by atoms with Gasteiger partial charge < -0.3 is 10.6 Å². The highest BCUT2D eigenvalue weighted by Gasteiger charge is 2.44. The number of imide groups is 2. The summed E-state index contributed by atoms with van der Waals surface area (Å²) in [6.07, 6.45) is 0.283. The summed E-state index contributed by atoms with van der Waals surface area (Å²) in [5, 5.41) is 9.01. The summed E-state index contributed by atoms with van der Waals surface area (Å²) in [5.41, 5.74) is 1.56. The lowest BCUT2D eigenvalue weighted by Crippen LogP contribution is -2.54. The van der Waals surface area contributed by atoms with Crippen LogP contribution in [0.3, 0.4) is 0 Å². The van der Waals surface area contributed by atoms with Gasteiger partial charge >= 0.3 is 0 Å². The first-order chi connectivity index (χ1) is 13.5. The van der Waals surface area contributed by atoms with Crippen LogP contribution in [0, 0.1) is 11.8 Å². The standard InChI is InChI=1S/C20H24N4O4/c1-11-7-21-9-13(11)10-22-8-12-2-3-14-15(6-12)20(28)24(19(14)27)16-4-5-17(25)23-18(16)26/h2-3,6,11,13,16,21-22H,4-5,7-10H2,1H3,(H,23,25,26)/t11-,13+,16?/m1/s1. The zero-order valence-corrected chi connectivity index (χ0v) is 15.8. The van der Waals surface area contributed by atoms with Crippen molar-refractivity contribution in [2.24, 2.45) is 11.8 Å². The summed E-state index contributed by atoms with van der Waals surface area (Å²) >= 11 is 0. The first-order valence-electron chi connectivity index (χ1n) is 9.71. The van der Waals surface area contributed by atoms with Gasteiger partial charge in [0.1, 0.15) is 6.04 Å². The van der Waals surface area contributed by atoms with Crippen LogP contribution in [0.25, 0.3) is 0 Å². The van der Waals surface area contributed by atoms with Crippen LogP contribution in [0.1, 0.15) is 46.0 Å². The molecule has 148 valence electrons. The molecule has 2 fully saturated rings. The molecule has 3 heterocycles. The van der Waals surface area contributed by atoms with Crippen molar-refractivity contribution in [1.29, 1.82) is 0 Å². The van der Waals surface area contributed by atoms with Gasteiger partial charge in [-0.1, -0.05) is 13.0 Å². The van der Waals surface area contributed by atoms with Gasteiger partial charge in [-0.05, 0) is 55.6 Å². The summed E-state index contributed by atoms with van der Waals surface area (Å²) in [4.78, 5) is 50.0. The minimum atomic E-state index is -0.928. The third kappa shape index (κ3) is 3.33. The van der Waals surface area contributed by atoms with E-state index in [0.29, 0.717) is 29.5 Å². The number of nitrogens with one attached hydrogen (secondary N) is 3. The predicted octanol–water partition coefficient (Wildman–Crippen LogP) is 0.0329. The van der Waals surface area contributed by atoms with Gasteiger partial charge in [0, 0.05) is 13.0 Å². The maximum atomic E-state index is 12.8. The molecule has 2 saturated heterocycles. The van der Waals surface area contributed by atoms with Gasteiger partial charge in [0.25, 0.3) is 11.8 Å². The highest BCUT2D eigenvalue weighted by Crippen LogP contribution is 2.28. The molecule has 0 aliphatic carbocycles. The monoisotopic (exact) mass is 384 g/mol. The molecule has 0 saturated carbocycles. The molecule has 1 aromatic rings. The third-order valence-electron chi connectivity index (χ3n) is 5.92. The SMILES string of the molecule is C[C@@H]1CNC[C@H]1CNCc1ccc2c(c1)C(=O)N(C1CCC(=O)NC1=O)C2=O. The van der Waals surface area contributed by atoms with Crippen molar-refractivity contribution in [3.8, 4) is 0 Å². The lowest BCUT2D eigenvalue weighted by Gasteiger charge is -2.27. The molecule has 4 amide bonds. The summed E-state index contributed by atoms with van der Waals surface area (Å²) in [6, 6.07) is 4.28. The van der Waals surface area contributed by atoms with E-state index < -0.39 is 23.8 Å². The second-order valence-electron chi connectivity index (χ2n) is 7.85. The molecule has 1 aromatic carbocycles. The molecule has 3 N–H and O–H groups in total. The largest absolute Gasteiger partial charge is 0.316 e. The molecular formula is C20H24N4O4. The van der Waals surface area contributed by atoms with E-state index in [4.69, 9.17) is 0 Å². The summed E-state index contributed by atoms with van der Waals surface area (Å²) in [6.45, 7) is 5.77. The molecule has 8 heteroatoms. The number of rotatable bonds is 5. The maximum absolute atomic E-state index is 12.8. The number of benzene rings is 1. The van der Waals surface area contributed by atoms with Gasteiger partial charge in [-0.2, -0.15) is 0 Å². The maximum Gasteiger partial charge on any atom is 0.262 e. The van der Waals surface area contributed by atoms with Crippen LogP contribution in [-0.2, 0) is 16.1 Å². The minimum absolute atomic E-state index is 0.118. The summed E-state index contributed by atoms with van der Waals surface area (Å²) in [7, 11) is 0. The summed E-state index contributed by atoms with van der Waals surface area (Å²) in [5.74, 6) is -0.691. The van der Waals surface area contributed by atoms with Crippen LogP contribution >= 0.6 is 0 Å². The van der Waals surface area contributed by atoms with Crippen molar-refractivity contribution in [3.63, 3.8) is 0 Å². The Morgan fingerprint density at radius 3 is 2.61 bits per heavy atom. The Kier molecular flexibility index (Phi) is 4.99. The number of nitrogens with zero attached hydrogens (tertiary/aromatic N) is 1. The van der Waals surface area contributed by atoms with Gasteiger partial charge in [-0.3, -0.25) is 29.4 Å². The minimum Gasteiger partial charge on any atom is -0.316 e. The Bertz CT molecular complexity index is 853. The lowest BCUT2D eigenvalue weighted by atomic mass is 9.98. The molecule has 28 heavy (non-hydrogen) atoms. The molecule has 3 atom stereocenters. The predicted molar refractivity (Wildman–Crippen MR) is 100 cm³/mol. The van der Waals surface area contributed by atoms with Gasteiger partial charge in [-0.15, -0.1) is 0 Å². The molecule has 1 unspecified atom stereocenters. The number of carbonyl (C=O) groups is 4. The Labute approximate surface area is 163 Å². The van der Waals surface area contributed by atoms with Gasteiger partial charge in [0.15, 0.2) is 0 Å². The third-order valence-corrected chi connectivity index (χ3v) is 5.92. The van der Waals surface area contributed by atoms with E-state index in [0.717, 1.165) is 30.1 Å². The average Bonchev–Trinajstić information content (AvgIpc) is 3.17. The molecular weight excluding hydrogens is 360 g/mol. The Morgan fingerprint density at radius 2 is 1.89 bits per heavy atom. The van der Waals surface area contributed by atoms with E-state index in [1.807, 2.05) is 6.07 Å². The van der Waals surface area contributed by atoms with E-state index in [2.05, 4.69) is 22.9 Å². The molecule has 3 aliphatic heterocycles. The molecule has 0 spiro atoms. The van der Waals surface area contributed by atoms with E-state index in [1.54, 1.807) is 12.1 Å². The fourth-order valence-corrected chi connectivity index (χ4v) is 4.17. The fraction of sp³-hybridized carbons (Fsp3) is 0.500. The molecule has 4 rings (SSSR count). The first kappa shape index (κ1) is 18.8. The van der Waals surface area contributed by atoms with Crippen LogP contribution in [0.4, 0.5) is 0 Å². The fourth-order valence-electron chi connectivity index (χ4n) is 4.17. The first-order valence-corrected chi connectivity index (χ1v) is 9.71. The molecule has 0 aromatic heterocycles. The lowest BCUT2D eigenvalue weighted by molar-refractivity contribution is -0.136. The van der Waals surface area contributed by atoms with Crippen LogP contribution in [0.5, 0.6) is 0 Å².